The van der Waals surface area contributed by atoms with E-state index in [1.807, 2.05) is 32.0 Å². The molecule has 0 aliphatic heterocycles. The SMILES string of the molecule is Cc1ccc(C)c(NC(=O)c2cc(NCC(C)C)ncn2)c1. The molecule has 5 heteroatoms. The van der Waals surface area contributed by atoms with Crippen LogP contribution >= 0.6 is 0 Å². The summed E-state index contributed by atoms with van der Waals surface area (Å²) in [5.41, 5.74) is 3.27. The van der Waals surface area contributed by atoms with Crippen molar-refractivity contribution in [2.45, 2.75) is 27.7 Å². The van der Waals surface area contributed by atoms with Crippen LogP contribution in [0, 0.1) is 19.8 Å². The lowest BCUT2D eigenvalue weighted by molar-refractivity contribution is 0.102. The number of hydrogen-bond donors (Lipinski definition) is 2. The van der Waals surface area contributed by atoms with Crippen LogP contribution in [-0.2, 0) is 0 Å². The molecule has 0 aliphatic carbocycles. The molecule has 0 atom stereocenters. The van der Waals surface area contributed by atoms with Gasteiger partial charge in [0, 0.05) is 18.3 Å². The van der Waals surface area contributed by atoms with Crippen LogP contribution in [0.15, 0.2) is 30.6 Å². The third kappa shape index (κ3) is 4.28. The van der Waals surface area contributed by atoms with Crippen molar-refractivity contribution in [2.24, 2.45) is 5.92 Å². The number of amides is 1. The maximum absolute atomic E-state index is 12.3. The van der Waals surface area contributed by atoms with E-state index >= 15 is 0 Å². The van der Waals surface area contributed by atoms with Gasteiger partial charge in [0.1, 0.15) is 17.8 Å². The van der Waals surface area contributed by atoms with Gasteiger partial charge in [0.05, 0.1) is 0 Å². The molecule has 0 saturated carbocycles. The molecule has 2 rings (SSSR count). The minimum absolute atomic E-state index is 0.233. The number of aromatic nitrogens is 2. The van der Waals surface area contributed by atoms with Crippen LogP contribution in [0.4, 0.5) is 11.5 Å². The van der Waals surface area contributed by atoms with E-state index in [0.29, 0.717) is 17.4 Å². The fourth-order valence-corrected chi connectivity index (χ4v) is 1.94. The number of anilines is 2. The Balaban J connectivity index is 2.12. The van der Waals surface area contributed by atoms with Gasteiger partial charge in [-0.05, 0) is 37.0 Å². The maximum atomic E-state index is 12.3. The molecule has 0 fully saturated rings. The van der Waals surface area contributed by atoms with Crippen LogP contribution in [0.25, 0.3) is 0 Å². The van der Waals surface area contributed by atoms with Gasteiger partial charge in [0.2, 0.25) is 0 Å². The summed E-state index contributed by atoms with van der Waals surface area (Å²) >= 11 is 0. The van der Waals surface area contributed by atoms with Gasteiger partial charge in [-0.1, -0.05) is 26.0 Å². The largest absolute Gasteiger partial charge is 0.370 e. The molecule has 1 heterocycles. The van der Waals surface area contributed by atoms with Crippen molar-refractivity contribution in [2.75, 3.05) is 17.2 Å². The van der Waals surface area contributed by atoms with Crippen molar-refractivity contribution < 1.29 is 4.79 Å². The van der Waals surface area contributed by atoms with E-state index in [1.54, 1.807) is 6.07 Å². The Morgan fingerprint density at radius 2 is 1.95 bits per heavy atom. The fraction of sp³-hybridized carbons (Fsp3) is 0.353. The average Bonchev–Trinajstić information content (AvgIpc) is 2.49. The molecule has 0 bridgehead atoms. The summed E-state index contributed by atoms with van der Waals surface area (Å²) in [4.78, 5) is 20.5. The quantitative estimate of drug-likeness (QED) is 0.887. The first-order valence-electron chi connectivity index (χ1n) is 7.40. The van der Waals surface area contributed by atoms with Crippen molar-refractivity contribution in [3.05, 3.63) is 47.4 Å². The highest BCUT2D eigenvalue weighted by atomic mass is 16.1. The smallest absolute Gasteiger partial charge is 0.274 e. The Labute approximate surface area is 131 Å². The fourth-order valence-electron chi connectivity index (χ4n) is 1.94. The molecular formula is C17H22N4O. The molecule has 0 saturated heterocycles. The topological polar surface area (TPSA) is 66.9 Å². The zero-order chi connectivity index (χ0) is 16.1. The minimum atomic E-state index is -0.233. The van der Waals surface area contributed by atoms with Crippen molar-refractivity contribution in [1.82, 2.24) is 9.97 Å². The molecular weight excluding hydrogens is 276 g/mol. The second kappa shape index (κ2) is 7.02. The number of hydrogen-bond acceptors (Lipinski definition) is 4. The zero-order valence-electron chi connectivity index (χ0n) is 13.5. The number of aryl methyl sites for hydroxylation is 2. The Hall–Kier alpha value is -2.43. The Morgan fingerprint density at radius 3 is 2.68 bits per heavy atom. The summed E-state index contributed by atoms with van der Waals surface area (Å²) in [6.07, 6.45) is 1.40. The van der Waals surface area contributed by atoms with Gasteiger partial charge < -0.3 is 10.6 Å². The van der Waals surface area contributed by atoms with Crippen LogP contribution in [0.2, 0.25) is 0 Å². The summed E-state index contributed by atoms with van der Waals surface area (Å²) < 4.78 is 0. The third-order valence-corrected chi connectivity index (χ3v) is 3.23. The van der Waals surface area contributed by atoms with Crippen LogP contribution in [0.3, 0.4) is 0 Å². The summed E-state index contributed by atoms with van der Waals surface area (Å²) in [6.45, 7) is 8.98. The molecule has 0 spiro atoms. The summed E-state index contributed by atoms with van der Waals surface area (Å²) in [7, 11) is 0. The van der Waals surface area contributed by atoms with Gasteiger partial charge in [0.25, 0.3) is 5.91 Å². The lowest BCUT2D eigenvalue weighted by Gasteiger charge is -2.11. The molecule has 1 amide bonds. The summed E-state index contributed by atoms with van der Waals surface area (Å²) in [5, 5.41) is 6.10. The number of benzene rings is 1. The first kappa shape index (κ1) is 15.9. The maximum Gasteiger partial charge on any atom is 0.274 e. The van der Waals surface area contributed by atoms with Crippen molar-refractivity contribution >= 4 is 17.4 Å². The average molecular weight is 298 g/mol. The minimum Gasteiger partial charge on any atom is -0.370 e. The van der Waals surface area contributed by atoms with Gasteiger partial charge in [0.15, 0.2) is 0 Å². The number of carbonyl (C=O) groups excluding carboxylic acids is 1. The molecule has 2 aromatic rings. The van der Waals surface area contributed by atoms with E-state index in [1.165, 1.54) is 6.33 Å². The predicted octanol–water partition coefficient (Wildman–Crippen LogP) is 3.41. The van der Waals surface area contributed by atoms with E-state index in [0.717, 1.165) is 23.4 Å². The first-order valence-corrected chi connectivity index (χ1v) is 7.40. The molecule has 0 radical (unpaired) electrons. The van der Waals surface area contributed by atoms with Crippen molar-refractivity contribution in [3.63, 3.8) is 0 Å². The summed E-state index contributed by atoms with van der Waals surface area (Å²) in [6, 6.07) is 7.62. The second-order valence-corrected chi connectivity index (χ2v) is 5.84. The molecule has 1 aromatic carbocycles. The zero-order valence-corrected chi connectivity index (χ0v) is 13.5. The molecule has 116 valence electrons. The van der Waals surface area contributed by atoms with Gasteiger partial charge >= 0.3 is 0 Å². The van der Waals surface area contributed by atoms with E-state index < -0.39 is 0 Å². The number of carbonyl (C=O) groups is 1. The standard InChI is InChI=1S/C17H22N4O/c1-11(2)9-18-16-8-15(19-10-20-16)17(22)21-14-7-12(3)5-6-13(14)4/h5-8,10-11H,9H2,1-4H3,(H,21,22)(H,18,19,20). The Kier molecular flexibility index (Phi) is 5.09. The molecule has 22 heavy (non-hydrogen) atoms. The second-order valence-electron chi connectivity index (χ2n) is 5.84. The number of rotatable bonds is 5. The lowest BCUT2D eigenvalue weighted by Crippen LogP contribution is -2.16. The lowest BCUT2D eigenvalue weighted by atomic mass is 10.1. The van der Waals surface area contributed by atoms with E-state index in [4.69, 9.17) is 0 Å². The molecule has 0 aliphatic rings. The highest BCUT2D eigenvalue weighted by molar-refractivity contribution is 6.03. The molecule has 5 nitrogen and oxygen atoms in total. The Bertz CT molecular complexity index is 667. The van der Waals surface area contributed by atoms with E-state index in [2.05, 4.69) is 34.4 Å². The third-order valence-electron chi connectivity index (χ3n) is 3.23. The number of nitrogens with zero attached hydrogens (tertiary/aromatic N) is 2. The van der Waals surface area contributed by atoms with Gasteiger partial charge in [-0.2, -0.15) is 0 Å². The van der Waals surface area contributed by atoms with E-state index in [-0.39, 0.29) is 5.91 Å². The Morgan fingerprint density at radius 1 is 1.18 bits per heavy atom. The predicted molar refractivity (Wildman–Crippen MR) is 89.2 cm³/mol. The monoisotopic (exact) mass is 298 g/mol. The van der Waals surface area contributed by atoms with Crippen LogP contribution in [-0.4, -0.2) is 22.4 Å². The molecule has 2 N–H and O–H groups in total. The first-order chi connectivity index (χ1) is 10.5. The highest BCUT2D eigenvalue weighted by Crippen LogP contribution is 2.17. The van der Waals surface area contributed by atoms with Gasteiger partial charge in [-0.25, -0.2) is 9.97 Å². The van der Waals surface area contributed by atoms with Crippen LogP contribution in [0.5, 0.6) is 0 Å². The highest BCUT2D eigenvalue weighted by Gasteiger charge is 2.10. The normalized spacial score (nSPS) is 10.6. The summed E-state index contributed by atoms with van der Waals surface area (Å²) in [5.74, 6) is 0.931. The van der Waals surface area contributed by atoms with Crippen LogP contribution < -0.4 is 10.6 Å². The molecule has 0 unspecified atom stereocenters. The number of nitrogens with one attached hydrogen (secondary N) is 2. The van der Waals surface area contributed by atoms with E-state index in [9.17, 15) is 4.79 Å². The molecule has 1 aromatic heterocycles. The van der Waals surface area contributed by atoms with Crippen molar-refractivity contribution in [3.8, 4) is 0 Å². The van der Waals surface area contributed by atoms with Crippen molar-refractivity contribution in [1.29, 1.82) is 0 Å². The van der Waals surface area contributed by atoms with Gasteiger partial charge in [-0.15, -0.1) is 0 Å². The van der Waals surface area contributed by atoms with Crippen LogP contribution in [0.1, 0.15) is 35.5 Å². The van der Waals surface area contributed by atoms with Gasteiger partial charge in [-0.3, -0.25) is 4.79 Å².